The first-order valence-corrected chi connectivity index (χ1v) is 6.10. The number of carbonyl (C=O) groups is 2. The van der Waals surface area contributed by atoms with Gasteiger partial charge in [-0.3, -0.25) is 9.78 Å². The highest BCUT2D eigenvalue weighted by molar-refractivity contribution is 6.06. The van der Waals surface area contributed by atoms with Crippen molar-refractivity contribution in [2.24, 2.45) is 0 Å². The van der Waals surface area contributed by atoms with Crippen molar-refractivity contribution in [3.8, 4) is 0 Å². The highest BCUT2D eigenvalue weighted by Crippen LogP contribution is 2.40. The molecule has 0 bridgehead atoms. The molecule has 0 saturated heterocycles. The number of amides is 1. The molecule has 0 aliphatic heterocycles. The first-order chi connectivity index (χ1) is 9.65. The molecule has 1 saturated carbocycles. The molecule has 102 valence electrons. The predicted molar refractivity (Wildman–Crippen MR) is 67.6 cm³/mol. The quantitative estimate of drug-likeness (QED) is 0.881. The van der Waals surface area contributed by atoms with E-state index < -0.39 is 11.9 Å². The van der Waals surface area contributed by atoms with Crippen LogP contribution >= 0.6 is 0 Å². The maximum absolute atomic E-state index is 12.0. The van der Waals surface area contributed by atoms with Crippen LogP contribution in [-0.4, -0.2) is 27.1 Å². The number of aromatic carboxylic acids is 1. The molecule has 2 aromatic rings. The van der Waals surface area contributed by atoms with Crippen LogP contribution in [0, 0.1) is 0 Å². The van der Waals surface area contributed by atoms with Crippen LogP contribution in [0.2, 0.25) is 0 Å². The number of carbonyl (C=O) groups excluding carboxylic acids is 1. The highest BCUT2D eigenvalue weighted by atomic mass is 16.5. The third-order valence-corrected chi connectivity index (χ3v) is 3.04. The number of pyridine rings is 1. The molecule has 0 radical (unpaired) electrons. The monoisotopic (exact) mass is 273 g/mol. The molecular formula is C13H11N3O4. The topological polar surface area (TPSA) is 105 Å². The Hall–Kier alpha value is -2.70. The smallest absolute Gasteiger partial charge is 0.337 e. The Morgan fingerprint density at radius 3 is 2.90 bits per heavy atom. The third-order valence-electron chi connectivity index (χ3n) is 3.04. The second-order valence-corrected chi connectivity index (χ2v) is 4.57. The van der Waals surface area contributed by atoms with Crippen LogP contribution in [0.1, 0.15) is 45.4 Å². The molecule has 0 unspecified atom stereocenters. The lowest BCUT2D eigenvalue weighted by molar-refractivity contribution is 0.0698. The molecule has 0 atom stereocenters. The zero-order valence-corrected chi connectivity index (χ0v) is 10.4. The molecule has 0 aromatic carbocycles. The molecule has 1 aliphatic rings. The Kier molecular flexibility index (Phi) is 2.94. The molecule has 1 aliphatic carbocycles. The van der Waals surface area contributed by atoms with Gasteiger partial charge in [0.1, 0.15) is 5.76 Å². The van der Waals surface area contributed by atoms with Gasteiger partial charge in [-0.2, -0.15) is 0 Å². The van der Waals surface area contributed by atoms with Gasteiger partial charge in [0.15, 0.2) is 5.69 Å². The van der Waals surface area contributed by atoms with Crippen LogP contribution in [0.4, 0.5) is 5.69 Å². The van der Waals surface area contributed by atoms with Gasteiger partial charge in [0.2, 0.25) is 0 Å². The summed E-state index contributed by atoms with van der Waals surface area (Å²) in [5, 5.41) is 15.2. The largest absolute Gasteiger partial charge is 0.478 e. The van der Waals surface area contributed by atoms with Crippen molar-refractivity contribution in [1.29, 1.82) is 0 Å². The normalized spacial score (nSPS) is 14.0. The van der Waals surface area contributed by atoms with Crippen molar-refractivity contribution in [1.82, 2.24) is 10.1 Å². The van der Waals surface area contributed by atoms with E-state index in [1.807, 2.05) is 0 Å². The SMILES string of the molecule is O=C(Nc1cnccc1C(=O)O)c1cc(C2CC2)on1. The minimum absolute atomic E-state index is 0.0285. The van der Waals surface area contributed by atoms with Gasteiger partial charge in [0.05, 0.1) is 17.4 Å². The van der Waals surface area contributed by atoms with E-state index in [1.165, 1.54) is 18.5 Å². The Bertz CT molecular complexity index is 676. The van der Waals surface area contributed by atoms with Crippen molar-refractivity contribution in [3.05, 3.63) is 41.5 Å². The number of carboxylic acids is 1. The Balaban J connectivity index is 1.79. The summed E-state index contributed by atoms with van der Waals surface area (Å²) in [7, 11) is 0. The highest BCUT2D eigenvalue weighted by Gasteiger charge is 2.29. The second-order valence-electron chi connectivity index (χ2n) is 4.57. The van der Waals surface area contributed by atoms with E-state index >= 15 is 0 Å². The average molecular weight is 273 g/mol. The Labute approximate surface area is 113 Å². The van der Waals surface area contributed by atoms with E-state index in [2.05, 4.69) is 15.5 Å². The van der Waals surface area contributed by atoms with E-state index in [0.29, 0.717) is 11.7 Å². The minimum Gasteiger partial charge on any atom is -0.478 e. The second kappa shape index (κ2) is 4.76. The minimum atomic E-state index is -1.14. The number of aromatic nitrogens is 2. The van der Waals surface area contributed by atoms with Crippen LogP contribution in [0.3, 0.4) is 0 Å². The number of anilines is 1. The summed E-state index contributed by atoms with van der Waals surface area (Å²) in [5.74, 6) is -0.602. The standard InChI is InChI=1S/C13H11N3O4/c17-12(9-5-11(20-16-9)7-1-2-7)15-10-6-14-4-3-8(10)13(18)19/h3-7H,1-2H2,(H,15,17)(H,18,19). The molecule has 2 heterocycles. The first-order valence-electron chi connectivity index (χ1n) is 6.10. The fourth-order valence-electron chi connectivity index (χ4n) is 1.82. The van der Waals surface area contributed by atoms with E-state index in [9.17, 15) is 9.59 Å². The fraction of sp³-hybridized carbons (Fsp3) is 0.231. The molecule has 3 rings (SSSR count). The van der Waals surface area contributed by atoms with Gasteiger partial charge in [-0.05, 0) is 18.9 Å². The van der Waals surface area contributed by atoms with Crippen molar-refractivity contribution in [2.45, 2.75) is 18.8 Å². The van der Waals surface area contributed by atoms with Gasteiger partial charge in [-0.1, -0.05) is 5.16 Å². The maximum atomic E-state index is 12.0. The first kappa shape index (κ1) is 12.3. The number of rotatable bonds is 4. The lowest BCUT2D eigenvalue weighted by Crippen LogP contribution is -2.15. The number of carboxylic acid groups (broad SMARTS) is 1. The van der Waals surface area contributed by atoms with Crippen molar-refractivity contribution >= 4 is 17.6 Å². The average Bonchev–Trinajstić information content (AvgIpc) is 3.16. The van der Waals surface area contributed by atoms with E-state index in [1.54, 1.807) is 6.07 Å². The molecule has 2 aromatic heterocycles. The van der Waals surface area contributed by atoms with E-state index in [4.69, 9.17) is 9.63 Å². The van der Waals surface area contributed by atoms with Crippen molar-refractivity contribution in [3.63, 3.8) is 0 Å². The maximum Gasteiger partial charge on any atom is 0.337 e. The third kappa shape index (κ3) is 2.37. The lowest BCUT2D eigenvalue weighted by Gasteiger charge is -2.05. The number of nitrogens with one attached hydrogen (secondary N) is 1. The van der Waals surface area contributed by atoms with Gasteiger partial charge in [0, 0.05) is 18.2 Å². The summed E-state index contributed by atoms with van der Waals surface area (Å²) in [6.07, 6.45) is 4.72. The molecule has 1 fully saturated rings. The molecule has 2 N–H and O–H groups in total. The summed E-state index contributed by atoms with van der Waals surface area (Å²) >= 11 is 0. The summed E-state index contributed by atoms with van der Waals surface area (Å²) in [5.41, 5.74) is 0.229. The summed E-state index contributed by atoms with van der Waals surface area (Å²) < 4.78 is 5.08. The number of hydrogen-bond acceptors (Lipinski definition) is 5. The van der Waals surface area contributed by atoms with Crippen LogP contribution in [0.15, 0.2) is 29.0 Å². The van der Waals surface area contributed by atoms with E-state index in [0.717, 1.165) is 12.8 Å². The summed E-state index contributed by atoms with van der Waals surface area (Å²) in [6, 6.07) is 2.90. The molecular weight excluding hydrogens is 262 g/mol. The van der Waals surface area contributed by atoms with Gasteiger partial charge in [-0.25, -0.2) is 4.79 Å². The van der Waals surface area contributed by atoms with Gasteiger partial charge in [-0.15, -0.1) is 0 Å². The predicted octanol–water partition coefficient (Wildman–Crippen LogP) is 1.90. The molecule has 20 heavy (non-hydrogen) atoms. The van der Waals surface area contributed by atoms with Crippen LogP contribution in [-0.2, 0) is 0 Å². The van der Waals surface area contributed by atoms with Gasteiger partial charge >= 0.3 is 5.97 Å². The van der Waals surface area contributed by atoms with Crippen molar-refractivity contribution < 1.29 is 19.2 Å². The number of nitrogens with zero attached hydrogens (tertiary/aromatic N) is 2. The van der Waals surface area contributed by atoms with Gasteiger partial charge < -0.3 is 14.9 Å². The Morgan fingerprint density at radius 2 is 2.20 bits per heavy atom. The van der Waals surface area contributed by atoms with E-state index in [-0.39, 0.29) is 16.9 Å². The zero-order valence-electron chi connectivity index (χ0n) is 10.4. The number of hydrogen-bond donors (Lipinski definition) is 2. The molecule has 7 nitrogen and oxygen atoms in total. The van der Waals surface area contributed by atoms with Crippen LogP contribution in [0.25, 0.3) is 0 Å². The lowest BCUT2D eigenvalue weighted by atomic mass is 10.2. The summed E-state index contributed by atoms with van der Waals surface area (Å²) in [6.45, 7) is 0. The molecule has 1 amide bonds. The fourth-order valence-corrected chi connectivity index (χ4v) is 1.82. The molecule has 7 heteroatoms. The molecule has 0 spiro atoms. The summed E-state index contributed by atoms with van der Waals surface area (Å²) in [4.78, 5) is 26.8. The van der Waals surface area contributed by atoms with Crippen LogP contribution in [0.5, 0.6) is 0 Å². The zero-order chi connectivity index (χ0) is 14.1. The van der Waals surface area contributed by atoms with Crippen molar-refractivity contribution in [2.75, 3.05) is 5.32 Å². The Morgan fingerprint density at radius 1 is 1.40 bits per heavy atom. The van der Waals surface area contributed by atoms with Crippen LogP contribution < -0.4 is 5.32 Å². The van der Waals surface area contributed by atoms with Gasteiger partial charge in [0.25, 0.3) is 5.91 Å².